The Morgan fingerprint density at radius 1 is 1.43 bits per heavy atom. The Hall–Kier alpha value is -1.18. The van der Waals surface area contributed by atoms with Crippen LogP contribution in [0.25, 0.3) is 0 Å². The average molecular weight is 420 g/mol. The smallest absolute Gasteiger partial charge is 0.170 e. The van der Waals surface area contributed by atoms with Crippen molar-refractivity contribution in [3.05, 3.63) is 44.9 Å². The SMILES string of the molecule is Cc1nn(CCCNC(=S)Nc2ccc(F)c(Cl)c2)c(C)c1Br. The lowest BCUT2D eigenvalue weighted by Gasteiger charge is -2.11. The standard InChI is InChI=1S/C15H17BrClFN4S/c1-9-14(16)10(2)22(21-9)7-3-6-19-15(23)20-11-4-5-13(18)12(17)8-11/h4-5,8H,3,6-7H2,1-2H3,(H2,19,20,23). The van der Waals surface area contributed by atoms with E-state index in [2.05, 4.69) is 31.7 Å². The third-order valence-electron chi connectivity index (χ3n) is 3.30. The molecule has 0 aliphatic heterocycles. The third kappa shape index (κ3) is 4.89. The maximum absolute atomic E-state index is 13.1. The summed E-state index contributed by atoms with van der Waals surface area (Å²) in [5, 5.41) is 11.1. The van der Waals surface area contributed by atoms with Gasteiger partial charge in [-0.25, -0.2) is 4.39 Å². The van der Waals surface area contributed by atoms with Gasteiger partial charge in [0.2, 0.25) is 0 Å². The summed E-state index contributed by atoms with van der Waals surface area (Å²) in [5.41, 5.74) is 2.75. The summed E-state index contributed by atoms with van der Waals surface area (Å²) in [6, 6.07) is 4.38. The van der Waals surface area contributed by atoms with Gasteiger partial charge in [-0.2, -0.15) is 5.10 Å². The fraction of sp³-hybridized carbons (Fsp3) is 0.333. The van der Waals surface area contributed by atoms with Gasteiger partial charge in [-0.05, 0) is 66.6 Å². The Morgan fingerprint density at radius 3 is 2.78 bits per heavy atom. The summed E-state index contributed by atoms with van der Waals surface area (Å²) in [6.07, 6.45) is 0.875. The molecule has 0 saturated heterocycles. The molecule has 8 heteroatoms. The predicted molar refractivity (Wildman–Crippen MR) is 99.7 cm³/mol. The minimum absolute atomic E-state index is 0.0629. The molecule has 0 radical (unpaired) electrons. The number of rotatable bonds is 5. The minimum Gasteiger partial charge on any atom is -0.362 e. The second-order valence-corrected chi connectivity index (χ2v) is 6.68. The van der Waals surface area contributed by atoms with Crippen molar-refractivity contribution in [3.8, 4) is 0 Å². The molecule has 0 atom stereocenters. The van der Waals surface area contributed by atoms with Gasteiger partial charge < -0.3 is 10.6 Å². The molecule has 1 aromatic carbocycles. The van der Waals surface area contributed by atoms with Crippen LogP contribution < -0.4 is 10.6 Å². The first kappa shape index (κ1) is 18.2. The second kappa shape index (κ2) is 8.08. The van der Waals surface area contributed by atoms with Crippen molar-refractivity contribution in [2.24, 2.45) is 0 Å². The fourth-order valence-electron chi connectivity index (χ4n) is 2.07. The van der Waals surface area contributed by atoms with Crippen LogP contribution in [0.1, 0.15) is 17.8 Å². The Balaban J connectivity index is 1.76. The van der Waals surface area contributed by atoms with Crippen molar-refractivity contribution in [1.29, 1.82) is 0 Å². The molecule has 0 bridgehead atoms. The number of anilines is 1. The van der Waals surface area contributed by atoms with Gasteiger partial charge in [0, 0.05) is 24.5 Å². The van der Waals surface area contributed by atoms with Crippen LogP contribution in [-0.4, -0.2) is 21.4 Å². The maximum atomic E-state index is 13.1. The van der Waals surface area contributed by atoms with Gasteiger partial charge in [0.05, 0.1) is 15.2 Å². The average Bonchev–Trinajstić information content (AvgIpc) is 2.75. The van der Waals surface area contributed by atoms with E-state index in [9.17, 15) is 4.39 Å². The number of hydrogen-bond acceptors (Lipinski definition) is 2. The van der Waals surface area contributed by atoms with Crippen LogP contribution in [-0.2, 0) is 6.54 Å². The number of thiocarbonyl (C=S) groups is 1. The monoisotopic (exact) mass is 418 g/mol. The molecule has 0 saturated carbocycles. The number of aryl methyl sites for hydroxylation is 2. The van der Waals surface area contributed by atoms with Gasteiger partial charge in [-0.15, -0.1) is 0 Å². The molecule has 2 aromatic rings. The summed E-state index contributed by atoms with van der Waals surface area (Å²) >= 11 is 14.4. The number of hydrogen-bond donors (Lipinski definition) is 2. The van der Waals surface area contributed by atoms with Crippen molar-refractivity contribution >= 4 is 50.5 Å². The lowest BCUT2D eigenvalue weighted by atomic mass is 10.3. The van der Waals surface area contributed by atoms with Gasteiger partial charge in [-0.3, -0.25) is 4.68 Å². The number of nitrogens with zero attached hydrogens (tertiary/aromatic N) is 2. The van der Waals surface area contributed by atoms with Crippen LogP contribution in [0.4, 0.5) is 10.1 Å². The quantitative estimate of drug-likeness (QED) is 0.556. The summed E-state index contributed by atoms with van der Waals surface area (Å²) in [4.78, 5) is 0. The van der Waals surface area contributed by atoms with Gasteiger partial charge in [0.15, 0.2) is 5.11 Å². The first-order chi connectivity index (χ1) is 10.9. The van der Waals surface area contributed by atoms with Crippen molar-refractivity contribution in [2.45, 2.75) is 26.8 Å². The van der Waals surface area contributed by atoms with Crippen LogP contribution in [0.15, 0.2) is 22.7 Å². The first-order valence-corrected chi connectivity index (χ1v) is 8.66. The van der Waals surface area contributed by atoms with E-state index < -0.39 is 5.82 Å². The van der Waals surface area contributed by atoms with E-state index >= 15 is 0 Å². The van der Waals surface area contributed by atoms with E-state index in [4.69, 9.17) is 23.8 Å². The molecule has 1 aromatic heterocycles. The number of halogens is 3. The molecule has 1 heterocycles. The number of aromatic nitrogens is 2. The van der Waals surface area contributed by atoms with E-state index in [0.29, 0.717) is 17.3 Å². The number of nitrogens with one attached hydrogen (secondary N) is 2. The van der Waals surface area contributed by atoms with Crippen LogP contribution in [0, 0.1) is 19.7 Å². The zero-order valence-electron chi connectivity index (χ0n) is 12.8. The summed E-state index contributed by atoms with van der Waals surface area (Å²) in [6.45, 7) is 5.51. The maximum Gasteiger partial charge on any atom is 0.170 e. The third-order valence-corrected chi connectivity index (χ3v) is 4.99. The topological polar surface area (TPSA) is 41.9 Å². The van der Waals surface area contributed by atoms with Crippen LogP contribution in [0.3, 0.4) is 0 Å². The summed E-state index contributed by atoms with van der Waals surface area (Å²) < 4.78 is 16.1. The van der Waals surface area contributed by atoms with Crippen molar-refractivity contribution in [1.82, 2.24) is 15.1 Å². The summed E-state index contributed by atoms with van der Waals surface area (Å²) in [5.74, 6) is -0.452. The zero-order chi connectivity index (χ0) is 17.0. The molecule has 4 nitrogen and oxygen atoms in total. The van der Waals surface area contributed by atoms with Crippen LogP contribution >= 0.6 is 39.7 Å². The molecule has 23 heavy (non-hydrogen) atoms. The van der Waals surface area contributed by atoms with Gasteiger partial charge in [-0.1, -0.05) is 11.6 Å². The molecule has 0 fully saturated rings. The Bertz CT molecular complexity index is 720. The van der Waals surface area contributed by atoms with E-state index in [1.165, 1.54) is 12.1 Å². The van der Waals surface area contributed by atoms with Gasteiger partial charge in [0.25, 0.3) is 0 Å². The van der Waals surface area contributed by atoms with Crippen molar-refractivity contribution < 1.29 is 4.39 Å². The largest absolute Gasteiger partial charge is 0.362 e. The Labute approximate surface area is 153 Å². The Kier molecular flexibility index (Phi) is 6.38. The normalized spacial score (nSPS) is 10.7. The lowest BCUT2D eigenvalue weighted by molar-refractivity contribution is 0.558. The van der Waals surface area contributed by atoms with Gasteiger partial charge >= 0.3 is 0 Å². The summed E-state index contributed by atoms with van der Waals surface area (Å²) in [7, 11) is 0. The highest BCUT2D eigenvalue weighted by molar-refractivity contribution is 9.10. The van der Waals surface area contributed by atoms with E-state index in [0.717, 1.165) is 28.8 Å². The van der Waals surface area contributed by atoms with E-state index in [1.54, 1.807) is 6.07 Å². The predicted octanol–water partition coefficient (Wildman–Crippen LogP) is 4.43. The molecular weight excluding hydrogens is 403 g/mol. The van der Waals surface area contributed by atoms with Crippen molar-refractivity contribution in [3.63, 3.8) is 0 Å². The molecule has 0 spiro atoms. The molecule has 0 aliphatic rings. The molecule has 124 valence electrons. The highest BCUT2D eigenvalue weighted by Gasteiger charge is 2.08. The first-order valence-electron chi connectivity index (χ1n) is 7.08. The number of benzene rings is 1. The second-order valence-electron chi connectivity index (χ2n) is 5.07. The van der Waals surface area contributed by atoms with E-state index in [1.807, 2.05) is 18.5 Å². The lowest BCUT2D eigenvalue weighted by Crippen LogP contribution is -2.29. The molecule has 0 amide bonds. The fourth-order valence-corrected chi connectivity index (χ4v) is 2.76. The Morgan fingerprint density at radius 2 is 2.17 bits per heavy atom. The van der Waals surface area contributed by atoms with Gasteiger partial charge in [0.1, 0.15) is 5.82 Å². The molecular formula is C15H17BrClFN4S. The van der Waals surface area contributed by atoms with Crippen molar-refractivity contribution in [2.75, 3.05) is 11.9 Å². The highest BCUT2D eigenvalue weighted by atomic mass is 79.9. The molecule has 2 N–H and O–H groups in total. The minimum atomic E-state index is -0.452. The van der Waals surface area contributed by atoms with E-state index in [-0.39, 0.29) is 5.02 Å². The highest BCUT2D eigenvalue weighted by Crippen LogP contribution is 2.20. The zero-order valence-corrected chi connectivity index (χ0v) is 15.9. The van der Waals surface area contributed by atoms with Crippen LogP contribution in [0.2, 0.25) is 5.02 Å². The molecule has 0 aliphatic carbocycles. The molecule has 2 rings (SSSR count). The molecule has 0 unspecified atom stereocenters. The van der Waals surface area contributed by atoms with Crippen LogP contribution in [0.5, 0.6) is 0 Å².